The summed E-state index contributed by atoms with van der Waals surface area (Å²) >= 11 is 0. The van der Waals surface area contributed by atoms with Gasteiger partial charge in [0.2, 0.25) is 0 Å². The van der Waals surface area contributed by atoms with Gasteiger partial charge < -0.3 is 4.74 Å². The van der Waals surface area contributed by atoms with Gasteiger partial charge >= 0.3 is 5.97 Å². The van der Waals surface area contributed by atoms with E-state index < -0.39 is 0 Å². The van der Waals surface area contributed by atoms with Gasteiger partial charge in [-0.1, -0.05) is 42.5 Å². The standard InChI is InChI=1S/C29H32O2/c1-29(12-2-3-13-29)31-28(30)23-9-5-6-20-21(23)7-4-8-22(20)24-15-19-16-25(24)27-18-11-10-17(14-18)26(19)27/h4-11,17-19,24-27H,2-3,12-16H2,1H3. The van der Waals surface area contributed by atoms with Gasteiger partial charge in [0.25, 0.3) is 0 Å². The molecule has 0 saturated heterocycles. The molecule has 0 aromatic heterocycles. The van der Waals surface area contributed by atoms with Crippen molar-refractivity contribution in [3.63, 3.8) is 0 Å². The molecule has 160 valence electrons. The van der Waals surface area contributed by atoms with Crippen molar-refractivity contribution in [1.29, 1.82) is 0 Å². The number of esters is 1. The van der Waals surface area contributed by atoms with Crippen molar-refractivity contribution in [3.8, 4) is 0 Å². The quantitative estimate of drug-likeness (QED) is 0.312. The molecule has 2 nitrogen and oxygen atoms in total. The van der Waals surface area contributed by atoms with Crippen molar-refractivity contribution >= 4 is 16.7 Å². The highest BCUT2D eigenvalue weighted by Gasteiger charge is 2.61. The Kier molecular flexibility index (Phi) is 3.85. The third-order valence-electron chi connectivity index (χ3n) is 9.85. The molecule has 2 heteroatoms. The molecule has 2 aromatic rings. The van der Waals surface area contributed by atoms with Crippen molar-refractivity contribution in [2.75, 3.05) is 0 Å². The Balaban J connectivity index is 1.24. The first-order valence-electron chi connectivity index (χ1n) is 12.5. The van der Waals surface area contributed by atoms with E-state index >= 15 is 0 Å². The number of hydrogen-bond donors (Lipinski definition) is 0. The van der Waals surface area contributed by atoms with Crippen LogP contribution in [0.25, 0.3) is 10.8 Å². The van der Waals surface area contributed by atoms with Crippen LogP contribution >= 0.6 is 0 Å². The number of allylic oxidation sites excluding steroid dienone is 2. The molecule has 0 radical (unpaired) electrons. The molecule has 0 amide bonds. The molecular weight excluding hydrogens is 380 g/mol. The monoisotopic (exact) mass is 412 g/mol. The molecular formula is C29H32O2. The minimum Gasteiger partial charge on any atom is -0.456 e. The summed E-state index contributed by atoms with van der Waals surface area (Å²) in [4.78, 5) is 13.2. The minimum absolute atomic E-state index is 0.140. The topological polar surface area (TPSA) is 26.3 Å². The van der Waals surface area contributed by atoms with Crippen LogP contribution in [-0.2, 0) is 4.74 Å². The average Bonchev–Trinajstić information content (AvgIpc) is 3.58. The van der Waals surface area contributed by atoms with Gasteiger partial charge in [0.05, 0.1) is 5.56 Å². The van der Waals surface area contributed by atoms with Crippen LogP contribution in [0.2, 0.25) is 0 Å². The third-order valence-corrected chi connectivity index (χ3v) is 9.85. The first kappa shape index (κ1) is 18.5. The fourth-order valence-electron chi connectivity index (χ4n) is 8.71. The SMILES string of the molecule is CC1(OC(=O)c2cccc3c(C4CC5CC4C4C6C=CC(C6)C54)cccc23)CCCC1. The van der Waals surface area contributed by atoms with Gasteiger partial charge in [0, 0.05) is 0 Å². The summed E-state index contributed by atoms with van der Waals surface area (Å²) in [5.74, 6) is 5.82. The normalized spacial score (nSPS) is 38.8. The lowest BCUT2D eigenvalue weighted by Gasteiger charge is -2.37. The number of carbonyl (C=O) groups excluding carboxylic acids is 1. The van der Waals surface area contributed by atoms with Crippen molar-refractivity contribution in [2.45, 2.75) is 63.4 Å². The Morgan fingerprint density at radius 1 is 0.903 bits per heavy atom. The Labute approximate surface area is 185 Å². The predicted octanol–water partition coefficient (Wildman–Crippen LogP) is 6.89. The zero-order valence-electron chi connectivity index (χ0n) is 18.4. The molecule has 7 unspecified atom stereocenters. The van der Waals surface area contributed by atoms with Gasteiger partial charge in [-0.25, -0.2) is 4.79 Å². The van der Waals surface area contributed by atoms with Crippen molar-refractivity contribution in [2.24, 2.45) is 35.5 Å². The molecule has 2 aromatic carbocycles. The van der Waals surface area contributed by atoms with Crippen LogP contribution in [0.4, 0.5) is 0 Å². The van der Waals surface area contributed by atoms with E-state index in [1.165, 1.54) is 30.2 Å². The van der Waals surface area contributed by atoms with Crippen molar-refractivity contribution in [1.82, 2.24) is 0 Å². The molecule has 31 heavy (non-hydrogen) atoms. The van der Waals surface area contributed by atoms with Crippen molar-refractivity contribution < 1.29 is 9.53 Å². The number of rotatable bonds is 3. The second-order valence-electron chi connectivity index (χ2n) is 11.4. The smallest absolute Gasteiger partial charge is 0.339 e. The zero-order valence-corrected chi connectivity index (χ0v) is 18.4. The number of hydrogen-bond acceptors (Lipinski definition) is 2. The molecule has 4 fully saturated rings. The predicted molar refractivity (Wildman–Crippen MR) is 123 cm³/mol. The summed E-state index contributed by atoms with van der Waals surface area (Å²) in [7, 11) is 0. The first-order valence-corrected chi connectivity index (χ1v) is 12.5. The van der Waals surface area contributed by atoms with Gasteiger partial charge in [-0.2, -0.15) is 0 Å². The highest BCUT2D eigenvalue weighted by atomic mass is 16.6. The number of carbonyl (C=O) groups is 1. The lowest BCUT2D eigenvalue weighted by molar-refractivity contribution is -0.00586. The van der Waals surface area contributed by atoms with Gasteiger partial charge in [0.1, 0.15) is 5.60 Å². The fourth-order valence-corrected chi connectivity index (χ4v) is 8.71. The molecule has 0 heterocycles. The number of fused-ring (bicyclic) bond motifs is 10. The molecule has 5 aliphatic rings. The van der Waals surface area contributed by atoms with E-state index in [2.05, 4.69) is 49.4 Å². The molecule has 4 saturated carbocycles. The van der Waals surface area contributed by atoms with Crippen LogP contribution in [-0.4, -0.2) is 11.6 Å². The van der Waals surface area contributed by atoms with E-state index in [9.17, 15) is 4.79 Å². The Hall–Kier alpha value is -2.09. The van der Waals surface area contributed by atoms with Gasteiger partial charge in [-0.15, -0.1) is 0 Å². The van der Waals surface area contributed by atoms with E-state index in [4.69, 9.17) is 4.74 Å². The van der Waals surface area contributed by atoms with Gasteiger partial charge in [0.15, 0.2) is 0 Å². The van der Waals surface area contributed by atoms with Crippen LogP contribution in [0.5, 0.6) is 0 Å². The summed E-state index contributed by atoms with van der Waals surface area (Å²) < 4.78 is 6.05. The lowest BCUT2D eigenvalue weighted by Crippen LogP contribution is -2.30. The maximum Gasteiger partial charge on any atom is 0.339 e. The van der Waals surface area contributed by atoms with Crippen LogP contribution < -0.4 is 0 Å². The van der Waals surface area contributed by atoms with Crippen LogP contribution in [0.3, 0.4) is 0 Å². The highest BCUT2D eigenvalue weighted by Crippen LogP contribution is 2.69. The van der Waals surface area contributed by atoms with E-state index in [0.717, 1.165) is 72.1 Å². The summed E-state index contributed by atoms with van der Waals surface area (Å²) in [5, 5.41) is 2.36. The van der Waals surface area contributed by atoms with Crippen LogP contribution in [0, 0.1) is 35.5 Å². The summed E-state index contributed by atoms with van der Waals surface area (Å²) in [6.07, 6.45) is 13.5. The van der Waals surface area contributed by atoms with Gasteiger partial charge in [-0.3, -0.25) is 0 Å². The van der Waals surface area contributed by atoms with Crippen LogP contribution in [0.15, 0.2) is 48.6 Å². The molecule has 0 spiro atoms. The molecule has 7 rings (SSSR count). The van der Waals surface area contributed by atoms with E-state index in [-0.39, 0.29) is 11.6 Å². The second-order valence-corrected chi connectivity index (χ2v) is 11.4. The Morgan fingerprint density at radius 2 is 1.65 bits per heavy atom. The van der Waals surface area contributed by atoms with Gasteiger partial charge in [-0.05, 0) is 116 Å². The molecule has 4 bridgehead atoms. The summed E-state index contributed by atoms with van der Waals surface area (Å²) in [6, 6.07) is 12.9. The maximum absolute atomic E-state index is 13.2. The Bertz CT molecular complexity index is 1090. The first-order chi connectivity index (χ1) is 15.1. The number of ether oxygens (including phenoxy) is 1. The summed E-state index contributed by atoms with van der Waals surface area (Å²) in [5.41, 5.74) is 1.94. The molecule has 7 atom stereocenters. The van der Waals surface area contributed by atoms with Crippen LogP contribution in [0.1, 0.15) is 73.7 Å². The van der Waals surface area contributed by atoms with E-state index in [1.807, 2.05) is 6.07 Å². The summed E-state index contributed by atoms with van der Waals surface area (Å²) in [6.45, 7) is 2.10. The lowest BCUT2D eigenvalue weighted by atomic mass is 9.67. The number of benzene rings is 2. The second kappa shape index (κ2) is 6.47. The maximum atomic E-state index is 13.2. The molecule has 0 aliphatic heterocycles. The molecule has 5 aliphatic carbocycles. The fraction of sp³-hybridized carbons (Fsp3) is 0.552. The zero-order chi connectivity index (χ0) is 20.7. The van der Waals surface area contributed by atoms with Crippen molar-refractivity contribution in [3.05, 3.63) is 59.7 Å². The van der Waals surface area contributed by atoms with E-state index in [1.54, 1.807) is 0 Å². The third kappa shape index (κ3) is 2.60. The largest absolute Gasteiger partial charge is 0.456 e. The highest BCUT2D eigenvalue weighted by molar-refractivity contribution is 6.05. The minimum atomic E-state index is -0.286. The average molecular weight is 413 g/mol. The Morgan fingerprint density at radius 3 is 2.48 bits per heavy atom. The molecule has 0 N–H and O–H groups in total. The van der Waals surface area contributed by atoms with E-state index in [0.29, 0.717) is 5.92 Å².